The van der Waals surface area contributed by atoms with E-state index in [2.05, 4.69) is 15.6 Å². The molecule has 0 amide bonds. The summed E-state index contributed by atoms with van der Waals surface area (Å²) >= 11 is 0. The smallest absolute Gasteiger partial charge is 0.184 e. The number of hydrogen-bond donors (Lipinski definition) is 2. The van der Waals surface area contributed by atoms with Crippen molar-refractivity contribution in [3.8, 4) is 11.4 Å². The summed E-state index contributed by atoms with van der Waals surface area (Å²) in [7, 11) is 0. The van der Waals surface area contributed by atoms with Crippen molar-refractivity contribution in [2.75, 3.05) is 5.32 Å². The summed E-state index contributed by atoms with van der Waals surface area (Å²) in [5, 5.41) is 23.0. The molecule has 0 radical (unpaired) electrons. The maximum Gasteiger partial charge on any atom is 0.184 e. The maximum absolute atomic E-state index is 10.9. The molecule has 0 saturated heterocycles. The number of aliphatic hydroxyl groups is 1. The number of aliphatic hydroxyl groups excluding tert-OH is 1. The number of nitrogens with one attached hydrogen (secondary N) is 1. The van der Waals surface area contributed by atoms with E-state index in [1.807, 2.05) is 97.9 Å². The second kappa shape index (κ2) is 9.18. The zero-order valence-corrected chi connectivity index (χ0v) is 18.2. The Kier molecular flexibility index (Phi) is 5.78. The Morgan fingerprint density at radius 3 is 2.18 bits per heavy atom. The average Bonchev–Trinajstić information content (AvgIpc) is 3.28. The molecule has 7 nitrogen and oxygen atoms in total. The summed E-state index contributed by atoms with van der Waals surface area (Å²) in [6.45, 7) is 2.46. The Bertz CT molecular complexity index is 1340. The predicted octanol–water partition coefficient (Wildman–Crippen LogP) is 4.47. The number of hydrogen-bond acceptors (Lipinski definition) is 6. The molecule has 5 aromatic rings. The second-order valence-electron chi connectivity index (χ2n) is 7.96. The quantitative estimate of drug-likeness (QED) is 0.391. The first-order valence-electron chi connectivity index (χ1n) is 10.9. The van der Waals surface area contributed by atoms with Crippen LogP contribution in [0.1, 0.15) is 24.2 Å². The van der Waals surface area contributed by atoms with Crippen LogP contribution in [0.2, 0.25) is 0 Å². The molecule has 2 aromatic heterocycles. The number of benzene rings is 3. The second-order valence-corrected chi connectivity index (χ2v) is 7.96. The largest absolute Gasteiger partial charge is 0.386 e. The van der Waals surface area contributed by atoms with Gasteiger partial charge in [0.05, 0.1) is 18.7 Å². The molecule has 2 N–H and O–H groups in total. The highest BCUT2D eigenvalue weighted by Crippen LogP contribution is 2.26. The topological polar surface area (TPSA) is 88.8 Å². The van der Waals surface area contributed by atoms with Crippen LogP contribution in [0.4, 0.5) is 5.82 Å². The van der Waals surface area contributed by atoms with E-state index in [4.69, 9.17) is 9.97 Å². The van der Waals surface area contributed by atoms with Gasteiger partial charge in [-0.05, 0) is 18.1 Å². The Labute approximate surface area is 191 Å². The van der Waals surface area contributed by atoms with Crippen LogP contribution < -0.4 is 5.32 Å². The molecule has 2 unspecified atom stereocenters. The molecule has 0 saturated carbocycles. The van der Waals surface area contributed by atoms with E-state index in [1.54, 1.807) is 4.68 Å². The summed E-state index contributed by atoms with van der Waals surface area (Å²) in [4.78, 5) is 9.56. The van der Waals surface area contributed by atoms with E-state index in [-0.39, 0.29) is 6.04 Å². The van der Waals surface area contributed by atoms with Crippen LogP contribution in [0.25, 0.3) is 22.6 Å². The van der Waals surface area contributed by atoms with Crippen LogP contribution in [0.15, 0.2) is 91.0 Å². The molecule has 0 aliphatic carbocycles. The van der Waals surface area contributed by atoms with Gasteiger partial charge in [-0.25, -0.2) is 14.6 Å². The summed E-state index contributed by atoms with van der Waals surface area (Å²) in [5.41, 5.74) is 4.03. The molecule has 0 bridgehead atoms. The van der Waals surface area contributed by atoms with Crippen molar-refractivity contribution in [2.24, 2.45) is 0 Å². The zero-order chi connectivity index (χ0) is 22.6. The van der Waals surface area contributed by atoms with Gasteiger partial charge in [-0.1, -0.05) is 96.2 Å². The fourth-order valence-corrected chi connectivity index (χ4v) is 3.77. The van der Waals surface area contributed by atoms with Crippen LogP contribution in [0.5, 0.6) is 0 Å². The molecule has 0 aliphatic heterocycles. The van der Waals surface area contributed by atoms with E-state index in [1.165, 1.54) is 0 Å². The molecular formula is C26H24N6O. The summed E-state index contributed by atoms with van der Waals surface area (Å²) < 4.78 is 1.78. The number of aromatic nitrogens is 5. The molecule has 0 fully saturated rings. The first kappa shape index (κ1) is 20.8. The van der Waals surface area contributed by atoms with Crippen molar-refractivity contribution >= 4 is 17.0 Å². The van der Waals surface area contributed by atoms with Gasteiger partial charge in [0.2, 0.25) is 0 Å². The Hall–Kier alpha value is -4.10. The minimum absolute atomic E-state index is 0.312. The molecule has 164 valence electrons. The average molecular weight is 437 g/mol. The van der Waals surface area contributed by atoms with Gasteiger partial charge in [0, 0.05) is 5.56 Å². The van der Waals surface area contributed by atoms with E-state index in [0.717, 1.165) is 16.7 Å². The Balaban J connectivity index is 1.55. The maximum atomic E-state index is 10.9. The third-order valence-corrected chi connectivity index (χ3v) is 5.55. The van der Waals surface area contributed by atoms with Gasteiger partial charge in [-0.15, -0.1) is 5.10 Å². The number of anilines is 1. The van der Waals surface area contributed by atoms with Gasteiger partial charge in [0.15, 0.2) is 22.8 Å². The van der Waals surface area contributed by atoms with E-state index < -0.39 is 6.10 Å². The lowest BCUT2D eigenvalue weighted by Gasteiger charge is -2.21. The van der Waals surface area contributed by atoms with Crippen molar-refractivity contribution in [3.05, 3.63) is 102 Å². The van der Waals surface area contributed by atoms with Gasteiger partial charge >= 0.3 is 0 Å². The fraction of sp³-hybridized carbons (Fsp3) is 0.154. The monoisotopic (exact) mass is 436 g/mol. The van der Waals surface area contributed by atoms with Crippen molar-refractivity contribution in [3.63, 3.8) is 0 Å². The summed E-state index contributed by atoms with van der Waals surface area (Å²) in [6, 6.07) is 29.1. The molecule has 5 rings (SSSR count). The molecule has 2 heterocycles. The number of fused-ring (bicyclic) bond motifs is 1. The van der Waals surface area contributed by atoms with Crippen LogP contribution >= 0.6 is 0 Å². The Morgan fingerprint density at radius 2 is 1.48 bits per heavy atom. The molecule has 3 aromatic carbocycles. The van der Waals surface area contributed by atoms with Crippen molar-refractivity contribution in [2.45, 2.75) is 25.6 Å². The van der Waals surface area contributed by atoms with Gasteiger partial charge in [-0.2, -0.15) is 0 Å². The number of rotatable bonds is 7. The highest BCUT2D eigenvalue weighted by molar-refractivity contribution is 5.84. The van der Waals surface area contributed by atoms with E-state index in [0.29, 0.717) is 29.4 Å². The van der Waals surface area contributed by atoms with E-state index in [9.17, 15) is 5.11 Å². The molecule has 33 heavy (non-hydrogen) atoms. The molecular weight excluding hydrogens is 412 g/mol. The van der Waals surface area contributed by atoms with Crippen LogP contribution in [-0.2, 0) is 6.54 Å². The van der Waals surface area contributed by atoms with Crippen LogP contribution in [0, 0.1) is 0 Å². The lowest BCUT2D eigenvalue weighted by molar-refractivity contribution is 0.160. The zero-order valence-electron chi connectivity index (χ0n) is 18.2. The number of nitrogens with zero attached hydrogens (tertiary/aromatic N) is 5. The lowest BCUT2D eigenvalue weighted by atomic mass is 10.0. The van der Waals surface area contributed by atoms with Crippen molar-refractivity contribution < 1.29 is 5.11 Å². The standard InChI is InChI=1S/C26H24N6O/c1-18(23(33)20-13-7-3-8-14-20)27-25-22-26(29-24(28-25)21-15-9-4-10-16-21)32(31-30-22)17-19-11-5-2-6-12-19/h2-16,18,23,33H,17H2,1H3,(H,27,28,29). The summed E-state index contributed by atoms with van der Waals surface area (Å²) in [5.74, 6) is 1.12. The molecule has 0 spiro atoms. The van der Waals surface area contributed by atoms with Gasteiger partial charge in [-0.3, -0.25) is 0 Å². The normalized spacial score (nSPS) is 13.0. The summed E-state index contributed by atoms with van der Waals surface area (Å²) in [6.07, 6.45) is -0.712. The van der Waals surface area contributed by atoms with Crippen LogP contribution in [0.3, 0.4) is 0 Å². The molecule has 2 atom stereocenters. The molecule has 7 heteroatoms. The molecule has 0 aliphatic rings. The highest BCUT2D eigenvalue weighted by Gasteiger charge is 2.21. The fourth-order valence-electron chi connectivity index (χ4n) is 3.77. The van der Waals surface area contributed by atoms with Gasteiger partial charge in [0.1, 0.15) is 0 Å². The minimum atomic E-state index is -0.712. The minimum Gasteiger partial charge on any atom is -0.386 e. The third kappa shape index (κ3) is 4.44. The SMILES string of the molecule is CC(Nc1nc(-c2ccccc2)nc2c1nnn2Cc1ccccc1)C(O)c1ccccc1. The van der Waals surface area contributed by atoms with Crippen LogP contribution in [-0.4, -0.2) is 36.1 Å². The Morgan fingerprint density at radius 1 is 0.848 bits per heavy atom. The predicted molar refractivity (Wildman–Crippen MR) is 129 cm³/mol. The first-order valence-corrected chi connectivity index (χ1v) is 10.9. The first-order chi connectivity index (χ1) is 16.2. The van der Waals surface area contributed by atoms with Crippen molar-refractivity contribution in [1.29, 1.82) is 0 Å². The third-order valence-electron chi connectivity index (χ3n) is 5.55. The van der Waals surface area contributed by atoms with E-state index >= 15 is 0 Å². The lowest BCUT2D eigenvalue weighted by Crippen LogP contribution is -2.25. The van der Waals surface area contributed by atoms with Crippen molar-refractivity contribution in [1.82, 2.24) is 25.0 Å². The van der Waals surface area contributed by atoms with Gasteiger partial charge < -0.3 is 10.4 Å². The van der Waals surface area contributed by atoms with Gasteiger partial charge in [0.25, 0.3) is 0 Å². The highest BCUT2D eigenvalue weighted by atomic mass is 16.3.